The SMILES string of the molecule is CC(=N)/C(F)=C(\O)F. The first-order chi connectivity index (χ1) is 3.55. The second-order valence-corrected chi connectivity index (χ2v) is 1.23. The summed E-state index contributed by atoms with van der Waals surface area (Å²) in [4.78, 5) is 0. The van der Waals surface area contributed by atoms with Crippen molar-refractivity contribution in [3.05, 3.63) is 11.8 Å². The van der Waals surface area contributed by atoms with E-state index < -0.39 is 17.6 Å². The highest BCUT2D eigenvalue weighted by Crippen LogP contribution is 2.04. The molecule has 0 saturated carbocycles. The smallest absolute Gasteiger partial charge is 0.308 e. The van der Waals surface area contributed by atoms with Crippen LogP contribution in [0.2, 0.25) is 0 Å². The van der Waals surface area contributed by atoms with Crippen LogP contribution in [0.3, 0.4) is 0 Å². The molecule has 0 fully saturated rings. The van der Waals surface area contributed by atoms with Gasteiger partial charge in [0.1, 0.15) is 0 Å². The van der Waals surface area contributed by atoms with Crippen molar-refractivity contribution in [1.82, 2.24) is 0 Å². The van der Waals surface area contributed by atoms with Crippen LogP contribution in [0.5, 0.6) is 0 Å². The van der Waals surface area contributed by atoms with Crippen molar-refractivity contribution in [1.29, 1.82) is 5.41 Å². The Morgan fingerprint density at radius 3 is 1.88 bits per heavy atom. The molecule has 0 radical (unpaired) electrons. The lowest BCUT2D eigenvalue weighted by molar-refractivity contribution is 0.265. The minimum absolute atomic E-state index is 0.620. The molecule has 2 N–H and O–H groups in total. The molecule has 8 heavy (non-hydrogen) atoms. The maximum atomic E-state index is 11.7. The topological polar surface area (TPSA) is 44.1 Å². The summed E-state index contributed by atoms with van der Waals surface area (Å²) in [6.45, 7) is 1.03. The first-order valence-electron chi connectivity index (χ1n) is 1.85. The molecule has 0 amide bonds. The molecule has 0 unspecified atom stereocenters. The molecule has 0 aromatic carbocycles. The highest BCUT2D eigenvalue weighted by atomic mass is 19.2. The fraction of sp³-hybridized carbons (Fsp3) is 0.250. The number of hydrogen-bond donors (Lipinski definition) is 2. The molecule has 0 aromatic rings. The second-order valence-electron chi connectivity index (χ2n) is 1.23. The van der Waals surface area contributed by atoms with Gasteiger partial charge in [-0.05, 0) is 6.92 Å². The van der Waals surface area contributed by atoms with Crippen LogP contribution >= 0.6 is 0 Å². The quantitative estimate of drug-likeness (QED) is 0.402. The largest absolute Gasteiger partial charge is 0.484 e. The maximum Gasteiger partial charge on any atom is 0.308 e. The third-order valence-electron chi connectivity index (χ3n) is 0.510. The molecule has 0 aromatic heterocycles. The molecule has 0 spiro atoms. The number of nitrogens with one attached hydrogen (secondary N) is 1. The lowest BCUT2D eigenvalue weighted by Crippen LogP contribution is -1.90. The average molecular weight is 121 g/mol. The van der Waals surface area contributed by atoms with E-state index in [2.05, 4.69) is 0 Å². The molecule has 0 saturated heterocycles. The van der Waals surface area contributed by atoms with E-state index in [4.69, 9.17) is 10.5 Å². The molecule has 0 aliphatic heterocycles. The molecule has 0 aliphatic carbocycles. The van der Waals surface area contributed by atoms with Gasteiger partial charge in [-0.1, -0.05) is 0 Å². The summed E-state index contributed by atoms with van der Waals surface area (Å²) in [7, 11) is 0. The van der Waals surface area contributed by atoms with Crippen molar-refractivity contribution in [3.63, 3.8) is 0 Å². The maximum absolute atomic E-state index is 11.7. The molecule has 0 atom stereocenters. The Kier molecular flexibility index (Phi) is 2.12. The van der Waals surface area contributed by atoms with E-state index in [1.54, 1.807) is 0 Å². The summed E-state index contributed by atoms with van der Waals surface area (Å²) in [5, 5.41) is 14.1. The normalized spacial score (nSPS) is 12.9. The van der Waals surface area contributed by atoms with Crippen molar-refractivity contribution in [2.45, 2.75) is 6.92 Å². The van der Waals surface area contributed by atoms with Crippen LogP contribution in [0.15, 0.2) is 11.8 Å². The standard InChI is InChI=1S/C4H5F2NO/c1-2(7)3(5)4(6)8/h7-8H,1H3/b4-3+,7-2?. The van der Waals surface area contributed by atoms with E-state index >= 15 is 0 Å². The van der Waals surface area contributed by atoms with Gasteiger partial charge >= 0.3 is 6.01 Å². The third-order valence-corrected chi connectivity index (χ3v) is 0.510. The number of hydrogen-bond acceptors (Lipinski definition) is 2. The van der Waals surface area contributed by atoms with E-state index in [1.165, 1.54) is 0 Å². The fourth-order valence-electron chi connectivity index (χ4n) is 0.155. The first kappa shape index (κ1) is 7.07. The molecular weight excluding hydrogens is 116 g/mol. The zero-order valence-electron chi connectivity index (χ0n) is 4.20. The Bertz CT molecular complexity index is 137. The van der Waals surface area contributed by atoms with Gasteiger partial charge in [0.05, 0.1) is 5.71 Å². The number of aliphatic hydroxyl groups excluding tert-OH is 1. The molecular formula is C4H5F2NO. The van der Waals surface area contributed by atoms with Gasteiger partial charge in [0.15, 0.2) is 0 Å². The molecule has 0 bridgehead atoms. The van der Waals surface area contributed by atoms with Crippen molar-refractivity contribution >= 4 is 5.71 Å². The van der Waals surface area contributed by atoms with Crippen LogP contribution < -0.4 is 0 Å². The molecule has 46 valence electrons. The van der Waals surface area contributed by atoms with Gasteiger partial charge in [-0.3, -0.25) is 0 Å². The summed E-state index contributed by atoms with van der Waals surface area (Å²) in [6, 6.07) is -1.93. The average Bonchev–Trinajstić information content (AvgIpc) is 1.64. The van der Waals surface area contributed by atoms with E-state index in [-0.39, 0.29) is 0 Å². The van der Waals surface area contributed by atoms with Gasteiger partial charge in [-0.15, -0.1) is 0 Å². The van der Waals surface area contributed by atoms with Crippen LogP contribution in [-0.2, 0) is 0 Å². The number of halogens is 2. The Labute approximate surface area is 45.0 Å². The van der Waals surface area contributed by atoms with Crippen LogP contribution in [0.25, 0.3) is 0 Å². The Morgan fingerprint density at radius 1 is 1.50 bits per heavy atom. The minimum Gasteiger partial charge on any atom is -0.484 e. The predicted molar refractivity (Wildman–Crippen MR) is 25.3 cm³/mol. The van der Waals surface area contributed by atoms with Crippen molar-refractivity contribution in [2.75, 3.05) is 0 Å². The van der Waals surface area contributed by atoms with Crippen LogP contribution in [0.4, 0.5) is 8.78 Å². The molecule has 4 heteroatoms. The summed E-state index contributed by atoms with van der Waals surface area (Å²) >= 11 is 0. The van der Waals surface area contributed by atoms with E-state index in [1.807, 2.05) is 0 Å². The van der Waals surface area contributed by atoms with Gasteiger partial charge in [0, 0.05) is 0 Å². The predicted octanol–water partition coefficient (Wildman–Crippen LogP) is 1.69. The highest BCUT2D eigenvalue weighted by molar-refractivity contribution is 5.93. The first-order valence-corrected chi connectivity index (χ1v) is 1.85. The summed E-state index contributed by atoms with van der Waals surface area (Å²) < 4.78 is 22.9. The van der Waals surface area contributed by atoms with Gasteiger partial charge in [-0.2, -0.15) is 8.78 Å². The number of rotatable bonds is 1. The highest BCUT2D eigenvalue weighted by Gasteiger charge is 2.04. The Morgan fingerprint density at radius 2 is 1.88 bits per heavy atom. The minimum atomic E-state index is -1.93. The molecule has 0 aliphatic rings. The van der Waals surface area contributed by atoms with Gasteiger partial charge in [0.25, 0.3) is 0 Å². The van der Waals surface area contributed by atoms with Crippen molar-refractivity contribution in [2.24, 2.45) is 0 Å². The fourth-order valence-corrected chi connectivity index (χ4v) is 0.155. The van der Waals surface area contributed by atoms with Crippen LogP contribution in [0.1, 0.15) is 6.92 Å². The monoisotopic (exact) mass is 121 g/mol. The Hall–Kier alpha value is -0.930. The van der Waals surface area contributed by atoms with E-state index in [9.17, 15) is 8.78 Å². The summed E-state index contributed by atoms with van der Waals surface area (Å²) in [5.74, 6) is -1.51. The molecule has 2 nitrogen and oxygen atoms in total. The van der Waals surface area contributed by atoms with Crippen molar-refractivity contribution in [3.8, 4) is 0 Å². The van der Waals surface area contributed by atoms with E-state index in [0.717, 1.165) is 6.92 Å². The van der Waals surface area contributed by atoms with E-state index in [0.29, 0.717) is 0 Å². The van der Waals surface area contributed by atoms with Gasteiger partial charge in [0.2, 0.25) is 5.83 Å². The lowest BCUT2D eigenvalue weighted by Gasteiger charge is -1.87. The summed E-state index contributed by atoms with van der Waals surface area (Å²) in [5.41, 5.74) is -0.620. The van der Waals surface area contributed by atoms with Gasteiger partial charge < -0.3 is 10.5 Å². The van der Waals surface area contributed by atoms with Crippen molar-refractivity contribution < 1.29 is 13.9 Å². The van der Waals surface area contributed by atoms with Crippen LogP contribution in [-0.4, -0.2) is 10.8 Å². The van der Waals surface area contributed by atoms with Gasteiger partial charge in [-0.25, -0.2) is 0 Å². The van der Waals surface area contributed by atoms with Crippen LogP contribution in [0, 0.1) is 5.41 Å². The summed E-state index contributed by atoms with van der Waals surface area (Å²) in [6.07, 6.45) is 0. The third kappa shape index (κ3) is 1.68. The number of allylic oxidation sites excluding steroid dienone is 1. The Balaban J connectivity index is 4.23. The number of aliphatic hydroxyl groups is 1. The lowest BCUT2D eigenvalue weighted by atomic mass is 10.4. The zero-order chi connectivity index (χ0) is 6.73. The second kappa shape index (κ2) is 2.40. The molecule has 0 rings (SSSR count). The zero-order valence-corrected chi connectivity index (χ0v) is 4.20. The molecule has 0 heterocycles.